The van der Waals surface area contributed by atoms with Crippen LogP contribution in [0.3, 0.4) is 0 Å². The third kappa shape index (κ3) is 2.87. The molecule has 1 atom stereocenters. The van der Waals surface area contributed by atoms with Crippen LogP contribution in [0.15, 0.2) is 22.7 Å². The Morgan fingerprint density at radius 2 is 2.29 bits per heavy atom. The third-order valence-corrected chi connectivity index (χ3v) is 2.66. The molecule has 0 amide bonds. The third-order valence-electron chi connectivity index (χ3n) is 2.16. The first kappa shape index (κ1) is 11.3. The quantitative estimate of drug-likeness (QED) is 0.820. The molecule has 2 heteroatoms. The van der Waals surface area contributed by atoms with E-state index in [1.165, 1.54) is 0 Å². The Kier molecular flexibility index (Phi) is 4.19. The van der Waals surface area contributed by atoms with Crippen molar-refractivity contribution in [3.8, 4) is 12.3 Å². The first-order valence-electron chi connectivity index (χ1n) is 4.52. The molecule has 1 unspecified atom stereocenters. The van der Waals surface area contributed by atoms with E-state index < -0.39 is 6.10 Å². The van der Waals surface area contributed by atoms with Gasteiger partial charge in [0.1, 0.15) is 0 Å². The summed E-state index contributed by atoms with van der Waals surface area (Å²) in [6.07, 6.45) is 5.92. The van der Waals surface area contributed by atoms with Gasteiger partial charge in [0.2, 0.25) is 0 Å². The lowest BCUT2D eigenvalue weighted by molar-refractivity contribution is 0.168. The molecular weight excluding hydrogens is 240 g/mol. The van der Waals surface area contributed by atoms with Crippen LogP contribution in [-0.4, -0.2) is 5.11 Å². The van der Waals surface area contributed by atoms with E-state index >= 15 is 0 Å². The lowest BCUT2D eigenvalue weighted by Gasteiger charge is -2.12. The van der Waals surface area contributed by atoms with Crippen LogP contribution >= 0.6 is 15.9 Å². The Hall–Kier alpha value is -0.780. The van der Waals surface area contributed by atoms with Crippen molar-refractivity contribution in [3.63, 3.8) is 0 Å². The molecule has 1 N–H and O–H groups in total. The lowest BCUT2D eigenvalue weighted by atomic mass is 10.0. The topological polar surface area (TPSA) is 20.2 Å². The molecule has 1 nitrogen and oxygen atoms in total. The van der Waals surface area contributed by atoms with Gasteiger partial charge in [-0.25, -0.2) is 0 Å². The second-order valence-corrected chi connectivity index (χ2v) is 4.18. The van der Waals surface area contributed by atoms with E-state index in [4.69, 9.17) is 6.42 Å². The molecule has 1 aromatic carbocycles. The number of aliphatic hydroxyl groups is 1. The number of aliphatic hydroxyl groups excluding tert-OH is 1. The normalized spacial score (nSPS) is 12.1. The summed E-state index contributed by atoms with van der Waals surface area (Å²) in [6, 6.07) is 5.89. The fourth-order valence-corrected chi connectivity index (χ4v) is 1.72. The average Bonchev–Trinajstić information content (AvgIpc) is 2.18. The van der Waals surface area contributed by atoms with Crippen molar-refractivity contribution in [1.29, 1.82) is 0 Å². The number of aryl methyl sites for hydroxylation is 1. The van der Waals surface area contributed by atoms with Crippen LogP contribution in [0.2, 0.25) is 0 Å². The van der Waals surface area contributed by atoms with Gasteiger partial charge >= 0.3 is 0 Å². The number of benzene rings is 1. The zero-order valence-corrected chi connectivity index (χ0v) is 9.71. The molecule has 1 aromatic rings. The Labute approximate surface area is 93.3 Å². The Morgan fingerprint density at radius 1 is 1.57 bits per heavy atom. The van der Waals surface area contributed by atoms with Gasteiger partial charge in [-0.05, 0) is 36.6 Å². The number of halogens is 1. The Balaban J connectivity index is 2.83. The summed E-state index contributed by atoms with van der Waals surface area (Å²) in [4.78, 5) is 0. The highest BCUT2D eigenvalue weighted by Crippen LogP contribution is 2.24. The van der Waals surface area contributed by atoms with E-state index in [0.717, 1.165) is 15.6 Å². The maximum absolute atomic E-state index is 9.84. The second kappa shape index (κ2) is 5.19. The SMILES string of the molecule is C#CCCC(O)c1cc(Br)ccc1C. The summed E-state index contributed by atoms with van der Waals surface area (Å²) in [5.74, 6) is 2.53. The average molecular weight is 253 g/mol. The summed E-state index contributed by atoms with van der Waals surface area (Å²) in [6.45, 7) is 1.99. The molecule has 0 aliphatic carbocycles. The van der Waals surface area contributed by atoms with Gasteiger partial charge in [-0.15, -0.1) is 12.3 Å². The summed E-state index contributed by atoms with van der Waals surface area (Å²) in [5.41, 5.74) is 2.05. The number of terminal acetylenes is 1. The molecule has 0 saturated heterocycles. The maximum Gasteiger partial charge on any atom is 0.0802 e. The van der Waals surface area contributed by atoms with Gasteiger partial charge < -0.3 is 5.11 Å². The fraction of sp³-hybridized carbons (Fsp3) is 0.333. The molecule has 0 saturated carbocycles. The summed E-state index contributed by atoms with van der Waals surface area (Å²) < 4.78 is 0.984. The minimum Gasteiger partial charge on any atom is -0.388 e. The molecule has 14 heavy (non-hydrogen) atoms. The minimum absolute atomic E-state index is 0.455. The Bertz CT molecular complexity index is 352. The monoisotopic (exact) mass is 252 g/mol. The molecule has 0 bridgehead atoms. The van der Waals surface area contributed by atoms with Gasteiger partial charge in [0, 0.05) is 10.9 Å². The molecular formula is C12H13BrO. The van der Waals surface area contributed by atoms with Gasteiger partial charge in [-0.3, -0.25) is 0 Å². The van der Waals surface area contributed by atoms with Crippen molar-refractivity contribution in [1.82, 2.24) is 0 Å². The number of hydrogen-bond acceptors (Lipinski definition) is 1. The van der Waals surface area contributed by atoms with Crippen molar-refractivity contribution in [2.24, 2.45) is 0 Å². The first-order valence-corrected chi connectivity index (χ1v) is 5.32. The molecule has 0 aliphatic rings. The largest absolute Gasteiger partial charge is 0.388 e. The van der Waals surface area contributed by atoms with Gasteiger partial charge in [0.25, 0.3) is 0 Å². The summed E-state index contributed by atoms with van der Waals surface area (Å²) >= 11 is 3.38. The molecule has 0 fully saturated rings. The molecule has 1 rings (SSSR count). The predicted octanol–water partition coefficient (Wildman–Crippen LogP) is 3.20. The first-order chi connectivity index (χ1) is 6.65. The summed E-state index contributed by atoms with van der Waals surface area (Å²) in [7, 11) is 0. The van der Waals surface area contributed by atoms with Crippen LogP contribution in [0.5, 0.6) is 0 Å². The van der Waals surface area contributed by atoms with E-state index in [1.807, 2.05) is 25.1 Å². The predicted molar refractivity (Wildman–Crippen MR) is 61.9 cm³/mol. The fourth-order valence-electron chi connectivity index (χ4n) is 1.35. The Morgan fingerprint density at radius 3 is 2.93 bits per heavy atom. The second-order valence-electron chi connectivity index (χ2n) is 3.26. The molecule has 0 spiro atoms. The van der Waals surface area contributed by atoms with Crippen LogP contribution in [0.25, 0.3) is 0 Å². The van der Waals surface area contributed by atoms with Gasteiger partial charge in [-0.1, -0.05) is 22.0 Å². The number of hydrogen-bond donors (Lipinski definition) is 1. The van der Waals surface area contributed by atoms with Crippen molar-refractivity contribution in [3.05, 3.63) is 33.8 Å². The van der Waals surface area contributed by atoms with Crippen molar-refractivity contribution in [2.45, 2.75) is 25.9 Å². The lowest BCUT2D eigenvalue weighted by Crippen LogP contribution is -1.99. The van der Waals surface area contributed by atoms with Gasteiger partial charge in [-0.2, -0.15) is 0 Å². The molecule has 0 heterocycles. The van der Waals surface area contributed by atoms with Crippen LogP contribution in [0, 0.1) is 19.3 Å². The zero-order valence-electron chi connectivity index (χ0n) is 8.13. The number of rotatable bonds is 3. The van der Waals surface area contributed by atoms with Gasteiger partial charge in [0.05, 0.1) is 6.10 Å². The van der Waals surface area contributed by atoms with Crippen LogP contribution in [0.4, 0.5) is 0 Å². The van der Waals surface area contributed by atoms with E-state index in [1.54, 1.807) is 0 Å². The van der Waals surface area contributed by atoms with Crippen molar-refractivity contribution in [2.75, 3.05) is 0 Å². The highest BCUT2D eigenvalue weighted by atomic mass is 79.9. The standard InChI is InChI=1S/C12H13BrO/c1-3-4-5-12(14)11-8-10(13)7-6-9(11)2/h1,6-8,12,14H,4-5H2,2H3. The van der Waals surface area contributed by atoms with Crippen molar-refractivity contribution < 1.29 is 5.11 Å². The molecule has 0 aliphatic heterocycles. The maximum atomic E-state index is 9.84. The molecule has 0 aromatic heterocycles. The molecule has 74 valence electrons. The van der Waals surface area contributed by atoms with Crippen LogP contribution in [-0.2, 0) is 0 Å². The van der Waals surface area contributed by atoms with E-state index in [0.29, 0.717) is 12.8 Å². The van der Waals surface area contributed by atoms with E-state index in [2.05, 4.69) is 21.9 Å². The van der Waals surface area contributed by atoms with Crippen LogP contribution < -0.4 is 0 Å². The molecule has 0 radical (unpaired) electrons. The smallest absolute Gasteiger partial charge is 0.0802 e. The van der Waals surface area contributed by atoms with E-state index in [-0.39, 0.29) is 0 Å². The minimum atomic E-state index is -0.455. The zero-order chi connectivity index (χ0) is 10.6. The highest BCUT2D eigenvalue weighted by molar-refractivity contribution is 9.10. The summed E-state index contributed by atoms with van der Waals surface area (Å²) in [5, 5.41) is 9.84. The van der Waals surface area contributed by atoms with Gasteiger partial charge in [0.15, 0.2) is 0 Å². The van der Waals surface area contributed by atoms with Crippen molar-refractivity contribution >= 4 is 15.9 Å². The van der Waals surface area contributed by atoms with E-state index in [9.17, 15) is 5.11 Å². The highest BCUT2D eigenvalue weighted by Gasteiger charge is 2.09. The van der Waals surface area contributed by atoms with Crippen LogP contribution in [0.1, 0.15) is 30.1 Å².